The van der Waals surface area contributed by atoms with Crippen molar-refractivity contribution >= 4 is 33.2 Å². The van der Waals surface area contributed by atoms with Gasteiger partial charge in [0.1, 0.15) is 5.75 Å². The van der Waals surface area contributed by atoms with Crippen LogP contribution >= 0.6 is 0 Å². The Balaban J connectivity index is 1.47. The van der Waals surface area contributed by atoms with Gasteiger partial charge in [0.2, 0.25) is 10.0 Å². The number of carbonyl (C=O) groups excluding carboxylic acids is 2. The number of sulfonamides is 1. The molecule has 2 aliphatic rings. The van der Waals surface area contributed by atoms with Crippen LogP contribution in [0.25, 0.3) is 0 Å². The molecular weight excluding hydrogens is 468 g/mol. The molecule has 1 atom stereocenters. The molecule has 9 nitrogen and oxygen atoms in total. The summed E-state index contributed by atoms with van der Waals surface area (Å²) < 4.78 is 33.0. The summed E-state index contributed by atoms with van der Waals surface area (Å²) in [5, 5.41) is 2.83. The van der Waals surface area contributed by atoms with Crippen LogP contribution in [-0.4, -0.2) is 75.8 Å². The average Bonchev–Trinajstić information content (AvgIpc) is 2.85. The zero-order valence-corrected chi connectivity index (χ0v) is 21.2. The first-order chi connectivity index (χ1) is 16.7. The molecule has 0 bridgehead atoms. The highest BCUT2D eigenvalue weighted by Gasteiger charge is 2.31. The van der Waals surface area contributed by atoms with Crippen LogP contribution in [0.15, 0.2) is 47.4 Å². The first-order valence-corrected chi connectivity index (χ1v) is 13.3. The highest BCUT2D eigenvalue weighted by molar-refractivity contribution is 7.89. The summed E-state index contributed by atoms with van der Waals surface area (Å²) in [7, 11) is 0.347. The lowest BCUT2D eigenvalue weighted by Crippen LogP contribution is -2.46. The molecule has 188 valence electrons. The van der Waals surface area contributed by atoms with Crippen LogP contribution < -0.4 is 15.0 Å². The van der Waals surface area contributed by atoms with Crippen molar-refractivity contribution in [3.05, 3.63) is 48.0 Å². The molecule has 1 unspecified atom stereocenters. The number of hydrogen-bond donors (Lipinski definition) is 1. The van der Waals surface area contributed by atoms with Crippen LogP contribution in [0.1, 0.15) is 36.5 Å². The van der Waals surface area contributed by atoms with E-state index in [-0.39, 0.29) is 16.7 Å². The molecule has 2 aromatic rings. The van der Waals surface area contributed by atoms with Gasteiger partial charge in [0, 0.05) is 43.5 Å². The highest BCUT2D eigenvalue weighted by Crippen LogP contribution is 2.36. The van der Waals surface area contributed by atoms with Gasteiger partial charge >= 0.3 is 0 Å². The predicted molar refractivity (Wildman–Crippen MR) is 134 cm³/mol. The van der Waals surface area contributed by atoms with E-state index in [2.05, 4.69) is 5.32 Å². The number of nitrogens with zero attached hydrogens (tertiary/aromatic N) is 3. The maximum atomic E-state index is 12.8. The highest BCUT2D eigenvalue weighted by atomic mass is 32.2. The second-order valence-corrected chi connectivity index (χ2v) is 11.1. The van der Waals surface area contributed by atoms with Crippen molar-refractivity contribution in [3.63, 3.8) is 0 Å². The van der Waals surface area contributed by atoms with Crippen LogP contribution in [0.3, 0.4) is 0 Å². The summed E-state index contributed by atoms with van der Waals surface area (Å²) in [5.74, 6) is 0.0589. The van der Waals surface area contributed by atoms with E-state index in [9.17, 15) is 18.0 Å². The summed E-state index contributed by atoms with van der Waals surface area (Å²) in [4.78, 5) is 29.3. The van der Waals surface area contributed by atoms with E-state index in [0.717, 1.165) is 19.3 Å². The largest absolute Gasteiger partial charge is 0.479 e. The summed E-state index contributed by atoms with van der Waals surface area (Å²) >= 11 is 0. The molecular formula is C25H32N4O5S. The van der Waals surface area contributed by atoms with Crippen LogP contribution in [-0.2, 0) is 14.8 Å². The molecule has 0 spiro atoms. The standard InChI is InChI=1S/C25H32N4O5S/c1-18-25(31)29(16-15-27(2)3)22-12-9-20(17-23(22)34-18)26-24(30)19-7-10-21(11-8-19)35(32,33)28-13-5-4-6-14-28/h7-12,17-18H,4-6,13-16H2,1-3H3,(H,26,30). The Labute approximate surface area is 206 Å². The normalized spacial score (nSPS) is 18.8. The minimum Gasteiger partial charge on any atom is -0.479 e. The molecule has 0 saturated carbocycles. The topological polar surface area (TPSA) is 99.3 Å². The van der Waals surface area contributed by atoms with Crippen LogP contribution in [0.5, 0.6) is 5.75 Å². The third-order valence-corrected chi connectivity index (χ3v) is 8.18. The van der Waals surface area contributed by atoms with Gasteiger partial charge in [-0.15, -0.1) is 0 Å². The van der Waals surface area contributed by atoms with Crippen LogP contribution in [0.2, 0.25) is 0 Å². The molecule has 10 heteroatoms. The lowest BCUT2D eigenvalue weighted by molar-refractivity contribution is -0.125. The average molecular weight is 501 g/mol. The molecule has 1 N–H and O–H groups in total. The molecule has 4 rings (SSSR count). The smallest absolute Gasteiger partial charge is 0.267 e. The fourth-order valence-corrected chi connectivity index (χ4v) is 5.77. The molecule has 2 amide bonds. The van der Waals surface area contributed by atoms with E-state index in [4.69, 9.17) is 4.74 Å². The van der Waals surface area contributed by atoms with Crippen molar-refractivity contribution in [2.24, 2.45) is 0 Å². The van der Waals surface area contributed by atoms with Gasteiger partial charge in [0.25, 0.3) is 11.8 Å². The van der Waals surface area contributed by atoms with Crippen molar-refractivity contribution in [2.45, 2.75) is 37.2 Å². The van der Waals surface area contributed by atoms with E-state index in [0.29, 0.717) is 48.9 Å². The predicted octanol–water partition coefficient (Wildman–Crippen LogP) is 2.79. The molecule has 2 aromatic carbocycles. The third kappa shape index (κ3) is 5.50. The molecule has 35 heavy (non-hydrogen) atoms. The lowest BCUT2D eigenvalue weighted by atomic mass is 10.1. The zero-order chi connectivity index (χ0) is 25.2. The van der Waals surface area contributed by atoms with Crippen molar-refractivity contribution in [1.29, 1.82) is 0 Å². The van der Waals surface area contributed by atoms with Crippen molar-refractivity contribution in [1.82, 2.24) is 9.21 Å². The lowest BCUT2D eigenvalue weighted by Gasteiger charge is -2.34. The third-order valence-electron chi connectivity index (χ3n) is 6.27. The van der Waals surface area contributed by atoms with Crippen LogP contribution in [0, 0.1) is 0 Å². The number of hydrogen-bond acceptors (Lipinski definition) is 6. The van der Waals surface area contributed by atoms with Gasteiger partial charge in [-0.25, -0.2) is 8.42 Å². The minimum absolute atomic E-state index is 0.101. The SMILES string of the molecule is CC1Oc2cc(NC(=O)c3ccc(S(=O)(=O)N4CCCCC4)cc3)ccc2N(CCN(C)C)C1=O. The molecule has 1 saturated heterocycles. The molecule has 0 radical (unpaired) electrons. The van der Waals surface area contributed by atoms with Gasteiger partial charge in [-0.1, -0.05) is 6.42 Å². The quantitative estimate of drug-likeness (QED) is 0.628. The van der Waals surface area contributed by atoms with E-state index in [1.807, 2.05) is 19.0 Å². The fourth-order valence-electron chi connectivity index (χ4n) is 4.25. The Kier molecular flexibility index (Phi) is 7.44. The number of anilines is 2. The summed E-state index contributed by atoms with van der Waals surface area (Å²) in [6.07, 6.45) is 2.15. The molecule has 1 fully saturated rings. The van der Waals surface area contributed by atoms with E-state index >= 15 is 0 Å². The summed E-state index contributed by atoms with van der Waals surface area (Å²) in [6.45, 7) is 4.01. The first kappa shape index (κ1) is 25.2. The maximum absolute atomic E-state index is 12.8. The molecule has 0 aliphatic carbocycles. The number of likely N-dealkylation sites (N-methyl/N-ethyl adjacent to an activating group) is 1. The fraction of sp³-hybridized carbons (Fsp3) is 0.440. The Morgan fingerprint density at radius 2 is 1.77 bits per heavy atom. The Morgan fingerprint density at radius 1 is 1.09 bits per heavy atom. The molecule has 0 aromatic heterocycles. The first-order valence-electron chi connectivity index (χ1n) is 11.9. The number of amides is 2. The Hall–Kier alpha value is -2.95. The van der Waals surface area contributed by atoms with Crippen LogP contribution in [0.4, 0.5) is 11.4 Å². The zero-order valence-electron chi connectivity index (χ0n) is 20.4. The Bertz CT molecular complexity index is 1190. The Morgan fingerprint density at radius 3 is 2.43 bits per heavy atom. The van der Waals surface area contributed by atoms with Crippen molar-refractivity contribution in [2.75, 3.05) is 50.5 Å². The number of fused-ring (bicyclic) bond motifs is 1. The second kappa shape index (κ2) is 10.3. The van der Waals surface area contributed by atoms with Gasteiger partial charge in [-0.05, 0) is 70.3 Å². The number of benzene rings is 2. The minimum atomic E-state index is -3.55. The van der Waals surface area contributed by atoms with E-state index in [1.165, 1.54) is 28.6 Å². The van der Waals surface area contributed by atoms with Gasteiger partial charge in [-0.3, -0.25) is 9.59 Å². The summed E-state index contributed by atoms with van der Waals surface area (Å²) in [5.41, 5.74) is 1.53. The van der Waals surface area contributed by atoms with E-state index in [1.54, 1.807) is 30.0 Å². The van der Waals surface area contributed by atoms with Crippen molar-refractivity contribution < 1.29 is 22.7 Å². The molecule has 2 heterocycles. The number of nitrogens with one attached hydrogen (secondary N) is 1. The maximum Gasteiger partial charge on any atom is 0.267 e. The number of carbonyl (C=O) groups is 2. The number of piperidine rings is 1. The second-order valence-electron chi connectivity index (χ2n) is 9.18. The van der Waals surface area contributed by atoms with Crippen molar-refractivity contribution in [3.8, 4) is 5.75 Å². The van der Waals surface area contributed by atoms with E-state index < -0.39 is 16.1 Å². The van der Waals surface area contributed by atoms with Gasteiger partial charge in [0.05, 0.1) is 10.6 Å². The van der Waals surface area contributed by atoms with Gasteiger partial charge in [0.15, 0.2) is 6.10 Å². The number of rotatable bonds is 7. The number of ether oxygens (including phenoxy) is 1. The summed E-state index contributed by atoms with van der Waals surface area (Å²) in [6, 6.07) is 11.2. The van der Waals surface area contributed by atoms with Gasteiger partial charge in [-0.2, -0.15) is 4.31 Å². The molecule has 2 aliphatic heterocycles. The monoisotopic (exact) mass is 500 g/mol. The van der Waals surface area contributed by atoms with Gasteiger partial charge < -0.3 is 19.9 Å².